The van der Waals surface area contributed by atoms with Gasteiger partial charge in [0.1, 0.15) is 0 Å². The molecule has 74 heavy (non-hydrogen) atoms. The van der Waals surface area contributed by atoms with Gasteiger partial charge in [-0.05, 0) is 257 Å². The van der Waals surface area contributed by atoms with Crippen LogP contribution in [0.1, 0.15) is 289 Å². The van der Waals surface area contributed by atoms with E-state index in [2.05, 4.69) is 210 Å². The van der Waals surface area contributed by atoms with Crippen LogP contribution in [-0.4, -0.2) is 0 Å². The van der Waals surface area contributed by atoms with Gasteiger partial charge < -0.3 is 0 Å². The van der Waals surface area contributed by atoms with Crippen LogP contribution in [0.25, 0.3) is 0 Å². The van der Waals surface area contributed by atoms with Crippen LogP contribution in [0.15, 0.2) is 69.9 Å². The van der Waals surface area contributed by atoms with Crippen molar-refractivity contribution < 1.29 is 0 Å². The summed E-state index contributed by atoms with van der Waals surface area (Å²) in [5.41, 5.74) is 9.56. The highest BCUT2D eigenvalue weighted by atomic mass is 14.3. The summed E-state index contributed by atoms with van der Waals surface area (Å²) in [6.07, 6.45) is 39.1. The second kappa shape index (κ2) is 37.3. The lowest BCUT2D eigenvalue weighted by molar-refractivity contribution is 0.234. The molecule has 0 N–H and O–H groups in total. The molecule has 0 aromatic heterocycles. The average molecular weight is 1030 g/mol. The Morgan fingerprint density at radius 2 is 0.500 bits per heavy atom. The normalized spacial score (nSPS) is 31.1. The van der Waals surface area contributed by atoms with Crippen LogP contribution >= 0.6 is 0 Å². The molecule has 1 saturated carbocycles. The van der Waals surface area contributed by atoms with E-state index in [1.807, 2.05) is 0 Å². The lowest BCUT2D eigenvalue weighted by Gasteiger charge is -2.30. The predicted molar refractivity (Wildman–Crippen MR) is 340 cm³/mol. The molecule has 1 fully saturated rings. The fourth-order valence-electron chi connectivity index (χ4n) is 14.1. The van der Waals surface area contributed by atoms with Gasteiger partial charge in [-0.25, -0.2) is 0 Å². The zero-order valence-corrected chi connectivity index (χ0v) is 55.2. The smallest absolute Gasteiger partial charge is 0.0294 e. The molecule has 0 radical (unpaired) electrons. The number of hydrogen-bond donors (Lipinski definition) is 0. The van der Waals surface area contributed by atoms with Crippen LogP contribution in [0.5, 0.6) is 0 Å². The minimum atomic E-state index is 0.856. The first-order chi connectivity index (χ1) is 34.5. The summed E-state index contributed by atoms with van der Waals surface area (Å²) >= 11 is 0. The van der Waals surface area contributed by atoms with Crippen molar-refractivity contribution in [2.75, 3.05) is 0 Å². The molecular formula is C74H136. The fraction of sp³-hybridized carbons (Fsp3) is 0.838. The van der Waals surface area contributed by atoms with Gasteiger partial charge in [0.25, 0.3) is 0 Å². The molecule has 0 amide bonds. The monoisotopic (exact) mass is 1030 g/mol. The van der Waals surface area contributed by atoms with E-state index >= 15 is 0 Å². The molecular weight excluding hydrogens is 889 g/mol. The Morgan fingerprint density at radius 3 is 0.676 bits per heavy atom. The van der Waals surface area contributed by atoms with Gasteiger partial charge in [-0.3, -0.25) is 0 Å². The maximum atomic E-state index is 2.42. The van der Waals surface area contributed by atoms with Gasteiger partial charge in [0, 0.05) is 0 Å². The van der Waals surface area contributed by atoms with E-state index in [1.165, 1.54) is 116 Å². The zero-order valence-electron chi connectivity index (χ0n) is 55.2. The molecule has 0 aromatic rings. The van der Waals surface area contributed by atoms with E-state index < -0.39 is 0 Å². The van der Waals surface area contributed by atoms with Crippen molar-refractivity contribution in [3.63, 3.8) is 0 Å². The van der Waals surface area contributed by atoms with Crippen LogP contribution in [0.3, 0.4) is 0 Å². The first-order valence-corrected chi connectivity index (χ1v) is 32.5. The highest BCUT2D eigenvalue weighted by molar-refractivity contribution is 5.08. The quantitative estimate of drug-likeness (QED) is 0.223. The molecule has 0 aliphatic heterocycles. The largest absolute Gasteiger partial charge is 0.0853 e. The minimum absolute atomic E-state index is 0.856. The molecule has 0 saturated heterocycles. The van der Waals surface area contributed by atoms with Crippen molar-refractivity contribution >= 4 is 0 Å². The second-order valence-electron chi connectivity index (χ2n) is 29.4. The maximum absolute atomic E-state index is 2.42. The molecule has 0 nitrogen and oxygen atoms in total. The topological polar surface area (TPSA) is 0 Å². The SMILES string of the molecule is CC1=CC[C@@H](C(C)C)CC1.CC1=CC[C@@H](C(C)C)[C@@H](C)C1.CC1=CC[C@@H](C(C)C)[C@H](C)C1.CC1=CC[C@@H](C(C)C)[C@H](C)C1.CC1=CC[C@H](C(C)C)CC1.CC1=CC[C@H](C(C)C)[C@@H](C)C1.CC1CCC(C(C)C)CC1. The standard InChI is InChI=1S/4C11H20.C10H20.2C10H18/c4*1-8(2)11-6-5-9(3)7-10(11)4;3*1-8(2)10-6-4-9(3)5-7-10/h4*5,8,10-11H,6-7H2,1-4H3;8-10H,4-7H2,1-3H3;2*4,8,10H,5-7H2,1-3H3/t3*10-,11+;10-,11-;;2*10-/m1100.10/s1. The first-order valence-electron chi connectivity index (χ1n) is 32.5. The Labute approximate surface area is 468 Å². The molecule has 7 aliphatic carbocycles. The Hall–Kier alpha value is -1.56. The predicted octanol–water partition coefficient (Wildman–Crippen LogP) is 24.8. The third kappa shape index (κ3) is 28.9. The van der Waals surface area contributed by atoms with Crippen LogP contribution in [0.2, 0.25) is 0 Å². The van der Waals surface area contributed by atoms with E-state index in [1.54, 1.807) is 33.4 Å². The minimum Gasteiger partial charge on any atom is -0.0853 e. The number of hydrogen-bond acceptors (Lipinski definition) is 0. The Kier molecular flexibility index (Phi) is 35.5. The number of allylic oxidation sites excluding steroid dienone is 12. The van der Waals surface area contributed by atoms with Gasteiger partial charge in [-0.1, -0.05) is 214 Å². The van der Waals surface area contributed by atoms with Crippen molar-refractivity contribution in [2.24, 2.45) is 112 Å². The molecule has 0 heterocycles. The summed E-state index contributed by atoms with van der Waals surface area (Å²) in [5.74, 6) is 17.4. The maximum Gasteiger partial charge on any atom is -0.0294 e. The van der Waals surface area contributed by atoms with E-state index in [4.69, 9.17) is 0 Å². The van der Waals surface area contributed by atoms with Crippen LogP contribution in [-0.2, 0) is 0 Å². The summed E-state index contributed by atoms with van der Waals surface area (Å²) in [6, 6.07) is 0. The molecule has 0 unspecified atom stereocenters. The molecule has 0 aromatic carbocycles. The molecule has 0 bridgehead atoms. The zero-order chi connectivity index (χ0) is 56.4. The van der Waals surface area contributed by atoms with Gasteiger partial charge in [-0.2, -0.15) is 0 Å². The lowest BCUT2D eigenvalue weighted by atomic mass is 9.75. The van der Waals surface area contributed by atoms with Crippen molar-refractivity contribution in [3.05, 3.63) is 69.9 Å². The number of rotatable bonds is 7. The van der Waals surface area contributed by atoms with Crippen molar-refractivity contribution in [3.8, 4) is 0 Å². The third-order valence-electron chi connectivity index (χ3n) is 20.1. The molecule has 7 rings (SSSR count). The molecule has 432 valence electrons. The van der Waals surface area contributed by atoms with Crippen molar-refractivity contribution in [1.82, 2.24) is 0 Å². The summed E-state index contributed by atoms with van der Waals surface area (Å²) in [6.45, 7) is 58.3. The summed E-state index contributed by atoms with van der Waals surface area (Å²) in [7, 11) is 0. The van der Waals surface area contributed by atoms with Gasteiger partial charge in [-0.15, -0.1) is 0 Å². The van der Waals surface area contributed by atoms with Gasteiger partial charge >= 0.3 is 0 Å². The highest BCUT2D eigenvalue weighted by Crippen LogP contribution is 2.38. The van der Waals surface area contributed by atoms with E-state index in [9.17, 15) is 0 Å². The van der Waals surface area contributed by atoms with E-state index in [0.717, 1.165) is 112 Å². The molecule has 0 heteroatoms. The van der Waals surface area contributed by atoms with Gasteiger partial charge in [0.2, 0.25) is 0 Å². The van der Waals surface area contributed by atoms with E-state index in [-0.39, 0.29) is 0 Å². The second-order valence-corrected chi connectivity index (χ2v) is 29.4. The highest BCUT2D eigenvalue weighted by Gasteiger charge is 2.26. The van der Waals surface area contributed by atoms with Crippen LogP contribution < -0.4 is 0 Å². The summed E-state index contributed by atoms with van der Waals surface area (Å²) in [4.78, 5) is 0. The van der Waals surface area contributed by atoms with Crippen LogP contribution in [0.4, 0.5) is 0 Å². The van der Waals surface area contributed by atoms with Crippen molar-refractivity contribution in [2.45, 2.75) is 289 Å². The molecule has 10 atom stereocenters. The van der Waals surface area contributed by atoms with E-state index in [0.29, 0.717) is 0 Å². The third-order valence-corrected chi connectivity index (χ3v) is 20.1. The molecule has 0 spiro atoms. The summed E-state index contributed by atoms with van der Waals surface area (Å²) in [5, 5.41) is 0. The summed E-state index contributed by atoms with van der Waals surface area (Å²) < 4.78 is 0. The Balaban J connectivity index is 0.000000432. The first kappa shape index (κ1) is 70.5. The Morgan fingerprint density at radius 1 is 0.270 bits per heavy atom. The van der Waals surface area contributed by atoms with Crippen LogP contribution in [0, 0.1) is 112 Å². The van der Waals surface area contributed by atoms with Gasteiger partial charge in [0.15, 0.2) is 0 Å². The fourth-order valence-corrected chi connectivity index (χ4v) is 14.1. The Bertz CT molecular complexity index is 1460. The molecule has 7 aliphatic rings. The van der Waals surface area contributed by atoms with Gasteiger partial charge in [0.05, 0.1) is 0 Å². The average Bonchev–Trinajstić information content (AvgIpc) is 3.30. The lowest BCUT2D eigenvalue weighted by Crippen LogP contribution is -2.20. The van der Waals surface area contributed by atoms with Crippen molar-refractivity contribution in [1.29, 1.82) is 0 Å².